The van der Waals surface area contributed by atoms with E-state index in [0.717, 1.165) is 24.3 Å². The third kappa shape index (κ3) is 7.22. The molecule has 21 heteroatoms. The zero-order chi connectivity index (χ0) is 48.1. The van der Waals surface area contributed by atoms with Crippen molar-refractivity contribution in [2.24, 2.45) is 0 Å². The summed E-state index contributed by atoms with van der Waals surface area (Å²) in [6.45, 7) is 10.1. The minimum absolute atomic E-state index is 0.0277. The topological polar surface area (TPSA) is 233 Å². The minimum atomic E-state index is -2.48. The van der Waals surface area contributed by atoms with Crippen LogP contribution in [0.25, 0.3) is 78.6 Å². The molecule has 66 heavy (non-hydrogen) atoms. The van der Waals surface area contributed by atoms with Crippen molar-refractivity contribution in [1.82, 2.24) is 19.9 Å². The van der Waals surface area contributed by atoms with Gasteiger partial charge in [0.05, 0.1) is 42.2 Å². The maximum absolute atomic E-state index is 16.1. The van der Waals surface area contributed by atoms with Gasteiger partial charge in [-0.1, -0.05) is 41.5 Å². The molecule has 16 nitrogen and oxygen atoms in total. The van der Waals surface area contributed by atoms with Crippen molar-refractivity contribution in [3.63, 3.8) is 0 Å². The summed E-state index contributed by atoms with van der Waals surface area (Å²) in [5.74, 6) is -11.7. The molecule has 0 fully saturated rings. The molecule has 336 valence electrons. The normalized spacial score (nSPS) is 12.3. The van der Waals surface area contributed by atoms with E-state index in [4.69, 9.17) is 0 Å². The lowest BCUT2D eigenvalue weighted by Crippen LogP contribution is -2.13. The Bertz CT molecular complexity index is 3390. The first-order chi connectivity index (χ1) is 30.9. The molecule has 0 aliphatic carbocycles. The Morgan fingerprint density at radius 2 is 0.697 bits per heavy atom. The number of aromatic amines is 3. The molecule has 0 radical (unpaired) electrons. The number of nitro benzene ring substituents is 4. The number of nitrogens with one attached hydrogen (secondary N) is 3. The first kappa shape index (κ1) is 44.3. The van der Waals surface area contributed by atoms with Gasteiger partial charge in [-0.05, 0) is 70.5 Å². The Kier molecular flexibility index (Phi) is 10.3. The highest BCUT2D eigenvalue weighted by Gasteiger charge is 2.36. The average molecular weight is 909 g/mol. The number of halogens is 5. The molecule has 0 unspecified atom stereocenters. The minimum Gasteiger partial charge on any atom is -0.354 e. The number of aromatic nitrogens is 4. The highest BCUT2D eigenvalue weighted by Crippen LogP contribution is 2.48. The SMILES string of the molecule is CC(C)(C)c1cc([N+](=O)[O-])c(-c2c3nc(c4ccc([nH]4)c(-c4c([N+](=O)[O-])cc(C(C)(C)C)cc4[N+](=O)[O-])c4ccc([nH]4)c(-c4c(F)c(F)c(F)c(F)c4F)c4ccc2[nH]4)C=C3)c([N+](=O)[O-])c1. The van der Waals surface area contributed by atoms with Gasteiger partial charge in [0.2, 0.25) is 5.82 Å². The van der Waals surface area contributed by atoms with Crippen LogP contribution in [0.3, 0.4) is 0 Å². The van der Waals surface area contributed by atoms with Gasteiger partial charge in [0, 0.05) is 68.5 Å². The predicted octanol–water partition coefficient (Wildman–Crippen LogP) is 12.6. The molecule has 5 heterocycles. The van der Waals surface area contributed by atoms with Crippen molar-refractivity contribution in [3.8, 4) is 33.4 Å². The van der Waals surface area contributed by atoms with Crippen molar-refractivity contribution in [3.05, 3.63) is 153 Å². The fraction of sp³-hybridized carbons (Fsp3) is 0.178. The van der Waals surface area contributed by atoms with Gasteiger partial charge in [0.25, 0.3) is 22.7 Å². The number of fused-ring (bicyclic) bond motifs is 9. The fourth-order valence-corrected chi connectivity index (χ4v) is 7.95. The second kappa shape index (κ2) is 15.4. The summed E-state index contributed by atoms with van der Waals surface area (Å²) in [7, 11) is 0. The monoisotopic (exact) mass is 908 g/mol. The highest BCUT2D eigenvalue weighted by molar-refractivity contribution is 6.04. The zero-order valence-electron chi connectivity index (χ0n) is 35.3. The molecule has 3 aromatic carbocycles. The molecule has 1 aliphatic rings. The largest absolute Gasteiger partial charge is 0.354 e. The molecular formula is C45H33F5N8O8. The van der Waals surface area contributed by atoms with Crippen LogP contribution in [0.2, 0.25) is 0 Å². The molecular weight excluding hydrogens is 876 g/mol. The Morgan fingerprint density at radius 3 is 1.06 bits per heavy atom. The molecule has 0 atom stereocenters. The van der Waals surface area contributed by atoms with Crippen LogP contribution in [0, 0.1) is 69.5 Å². The zero-order valence-corrected chi connectivity index (χ0v) is 35.3. The molecule has 3 N–H and O–H groups in total. The molecule has 0 saturated carbocycles. The number of hydrogen-bond donors (Lipinski definition) is 3. The van der Waals surface area contributed by atoms with Crippen LogP contribution in [0.4, 0.5) is 44.7 Å². The predicted molar refractivity (Wildman–Crippen MR) is 235 cm³/mol. The standard InChI is InChI=1S/C45H33F5N8O8/c1-44(2,3)19-15-29(55(59)60)36(30(16-19)56(61)62)33-23-9-7-21(51-23)22-8-10-24(52-22)34(37-31(57(63)64)17-20(45(4,5)6)18-32(37)58(65)66)26-12-14-28(54-26)35(27-13-11-25(33)53-27)38-39(46)41(48)43(50)42(49)40(38)47/h7-18,51,53-54H,1-6H3. The van der Waals surface area contributed by atoms with Gasteiger partial charge in [0.1, 0.15) is 11.1 Å². The van der Waals surface area contributed by atoms with E-state index in [1.54, 1.807) is 41.5 Å². The van der Waals surface area contributed by atoms with Crippen LogP contribution >= 0.6 is 0 Å². The van der Waals surface area contributed by atoms with E-state index in [1.807, 2.05) is 0 Å². The van der Waals surface area contributed by atoms with E-state index in [0.29, 0.717) is 0 Å². The summed E-state index contributed by atoms with van der Waals surface area (Å²) in [4.78, 5) is 61.7. The van der Waals surface area contributed by atoms with Crippen molar-refractivity contribution in [1.29, 1.82) is 0 Å². The Balaban J connectivity index is 1.66. The van der Waals surface area contributed by atoms with Crippen LogP contribution in [-0.4, -0.2) is 39.6 Å². The second-order valence-corrected chi connectivity index (χ2v) is 17.5. The number of benzene rings is 3. The van der Waals surface area contributed by atoms with Gasteiger partial charge < -0.3 is 15.0 Å². The molecule has 7 aromatic rings. The number of rotatable bonds is 7. The van der Waals surface area contributed by atoms with Crippen molar-refractivity contribution in [2.75, 3.05) is 0 Å². The van der Waals surface area contributed by atoms with Gasteiger partial charge in [-0.2, -0.15) is 0 Å². The smallest absolute Gasteiger partial charge is 0.284 e. The maximum atomic E-state index is 16.1. The van der Waals surface area contributed by atoms with Gasteiger partial charge in [0.15, 0.2) is 23.3 Å². The van der Waals surface area contributed by atoms with E-state index in [9.17, 15) is 44.8 Å². The van der Waals surface area contributed by atoms with E-state index in [-0.39, 0.29) is 55.7 Å². The lowest BCUT2D eigenvalue weighted by Gasteiger charge is -2.19. The van der Waals surface area contributed by atoms with E-state index >= 15 is 17.6 Å². The van der Waals surface area contributed by atoms with Gasteiger partial charge in [-0.3, -0.25) is 40.5 Å². The van der Waals surface area contributed by atoms with Crippen LogP contribution in [-0.2, 0) is 10.8 Å². The van der Waals surface area contributed by atoms with Gasteiger partial charge in [-0.15, -0.1) is 0 Å². The first-order valence-corrected chi connectivity index (χ1v) is 19.7. The first-order valence-electron chi connectivity index (χ1n) is 19.7. The van der Waals surface area contributed by atoms with Crippen LogP contribution < -0.4 is 0 Å². The average Bonchev–Trinajstić information content (AvgIpc) is 4.09. The Morgan fingerprint density at radius 1 is 0.409 bits per heavy atom. The number of hydrogen-bond acceptors (Lipinski definition) is 9. The summed E-state index contributed by atoms with van der Waals surface area (Å²) < 4.78 is 77.0. The number of nitro groups is 4. The maximum Gasteiger partial charge on any atom is 0.284 e. The van der Waals surface area contributed by atoms with Crippen LogP contribution in [0.15, 0.2) is 60.7 Å². The molecule has 0 amide bonds. The lowest BCUT2D eigenvalue weighted by molar-refractivity contribution is -0.393. The van der Waals surface area contributed by atoms with Gasteiger partial charge >= 0.3 is 0 Å². The third-order valence-electron chi connectivity index (χ3n) is 11.2. The molecule has 8 bridgehead atoms. The van der Waals surface area contributed by atoms with Gasteiger partial charge in [-0.25, -0.2) is 26.9 Å². The third-order valence-corrected chi connectivity index (χ3v) is 11.2. The van der Waals surface area contributed by atoms with Crippen molar-refractivity contribution < 1.29 is 41.6 Å². The van der Waals surface area contributed by atoms with E-state index in [2.05, 4.69) is 19.9 Å². The second-order valence-electron chi connectivity index (χ2n) is 17.5. The Labute approximate surface area is 367 Å². The lowest BCUT2D eigenvalue weighted by atomic mass is 9.84. The summed E-state index contributed by atoms with van der Waals surface area (Å²) in [5.41, 5.74) is -9.04. The van der Waals surface area contributed by atoms with E-state index < -0.39 is 116 Å². The van der Waals surface area contributed by atoms with Crippen LogP contribution in [0.5, 0.6) is 0 Å². The van der Waals surface area contributed by atoms with Crippen LogP contribution in [0.1, 0.15) is 64.1 Å². The fourth-order valence-electron chi connectivity index (χ4n) is 7.95. The summed E-state index contributed by atoms with van der Waals surface area (Å²) in [6.07, 6.45) is 2.79. The summed E-state index contributed by atoms with van der Waals surface area (Å²) in [5, 5.41) is 51.6. The summed E-state index contributed by atoms with van der Waals surface area (Å²) in [6, 6.07) is 12.2. The van der Waals surface area contributed by atoms with E-state index in [1.165, 1.54) is 48.6 Å². The molecule has 0 spiro atoms. The van der Waals surface area contributed by atoms with Crippen molar-refractivity contribution in [2.45, 2.75) is 52.4 Å². The Hall–Kier alpha value is -8.36. The summed E-state index contributed by atoms with van der Waals surface area (Å²) >= 11 is 0. The molecule has 8 rings (SSSR count). The molecule has 1 aliphatic heterocycles. The molecule has 4 aromatic heterocycles. The highest BCUT2D eigenvalue weighted by atomic mass is 19.2. The number of H-pyrrole nitrogens is 3. The quantitative estimate of drug-likeness (QED) is 0.0453. The van der Waals surface area contributed by atoms with Crippen molar-refractivity contribution >= 4 is 68.0 Å². The number of nitrogens with zero attached hydrogens (tertiary/aromatic N) is 5. The molecule has 0 saturated heterocycles.